The van der Waals surface area contributed by atoms with Crippen LogP contribution in [-0.4, -0.2) is 9.97 Å². The summed E-state index contributed by atoms with van der Waals surface area (Å²) in [5.41, 5.74) is 7.85. The van der Waals surface area contributed by atoms with Crippen LogP contribution in [0.4, 0.5) is 0 Å². The highest BCUT2D eigenvalue weighted by atomic mass is 14.9. The maximum absolute atomic E-state index is 4.82. The van der Waals surface area contributed by atoms with Gasteiger partial charge < -0.3 is 4.98 Å². The van der Waals surface area contributed by atoms with Crippen molar-refractivity contribution >= 4 is 11.0 Å². The van der Waals surface area contributed by atoms with Gasteiger partial charge in [0.15, 0.2) is 0 Å². The highest BCUT2D eigenvalue weighted by Gasteiger charge is 2.24. The molecule has 0 bridgehead atoms. The number of aromatic amines is 1. The first-order valence-corrected chi connectivity index (χ1v) is 7.24. The van der Waals surface area contributed by atoms with Gasteiger partial charge in [-0.1, -0.05) is 24.3 Å². The van der Waals surface area contributed by atoms with E-state index in [1.807, 2.05) is 0 Å². The number of nitrogens with zero attached hydrogens (tertiary/aromatic N) is 1. The van der Waals surface area contributed by atoms with Crippen LogP contribution in [0.25, 0.3) is 11.0 Å². The van der Waals surface area contributed by atoms with E-state index >= 15 is 0 Å². The molecule has 2 aromatic carbocycles. The molecule has 2 nitrogen and oxygen atoms in total. The third kappa shape index (κ3) is 1.75. The minimum Gasteiger partial charge on any atom is -0.342 e. The van der Waals surface area contributed by atoms with Crippen LogP contribution < -0.4 is 0 Å². The fourth-order valence-electron chi connectivity index (χ4n) is 3.23. The molecule has 0 fully saturated rings. The van der Waals surface area contributed by atoms with Gasteiger partial charge in [0.1, 0.15) is 5.82 Å². The van der Waals surface area contributed by atoms with Crippen molar-refractivity contribution in [1.82, 2.24) is 9.97 Å². The van der Waals surface area contributed by atoms with Crippen LogP contribution >= 0.6 is 0 Å². The molecule has 0 saturated heterocycles. The number of aromatic nitrogens is 2. The Hall–Kier alpha value is -2.09. The lowest BCUT2D eigenvalue weighted by Gasteiger charge is -2.03. The maximum atomic E-state index is 4.82. The van der Waals surface area contributed by atoms with Gasteiger partial charge in [0.05, 0.1) is 11.0 Å². The van der Waals surface area contributed by atoms with Gasteiger partial charge in [-0.25, -0.2) is 4.98 Å². The largest absolute Gasteiger partial charge is 0.342 e. The first kappa shape index (κ1) is 11.7. The Morgan fingerprint density at radius 1 is 1.00 bits per heavy atom. The summed E-state index contributed by atoms with van der Waals surface area (Å²) in [5.74, 6) is 1.64. The molecular formula is C18H18N2. The summed E-state index contributed by atoms with van der Waals surface area (Å²) in [5, 5.41) is 0. The number of rotatable bonds is 1. The van der Waals surface area contributed by atoms with E-state index in [0.29, 0.717) is 5.92 Å². The van der Waals surface area contributed by atoms with Crippen molar-refractivity contribution in [2.75, 3.05) is 0 Å². The molecule has 1 heterocycles. The van der Waals surface area contributed by atoms with E-state index in [4.69, 9.17) is 4.98 Å². The second-order valence-electron chi connectivity index (χ2n) is 5.95. The first-order valence-electron chi connectivity index (χ1n) is 7.24. The van der Waals surface area contributed by atoms with Crippen LogP contribution in [0, 0.1) is 13.8 Å². The quantitative estimate of drug-likeness (QED) is 0.704. The lowest BCUT2D eigenvalue weighted by Crippen LogP contribution is -1.99. The highest BCUT2D eigenvalue weighted by Crippen LogP contribution is 2.33. The molecule has 0 aliphatic heterocycles. The average Bonchev–Trinajstić information content (AvgIpc) is 3.02. The summed E-state index contributed by atoms with van der Waals surface area (Å²) in [6, 6.07) is 13.1. The SMILES string of the molecule is Cc1cc2nc(C3Cc4ccccc4C3)[nH]c2cc1C. The molecule has 0 spiro atoms. The van der Waals surface area contributed by atoms with Crippen molar-refractivity contribution in [3.05, 3.63) is 64.5 Å². The maximum Gasteiger partial charge on any atom is 0.111 e. The minimum atomic E-state index is 0.500. The van der Waals surface area contributed by atoms with Crippen LogP contribution in [0.15, 0.2) is 36.4 Å². The summed E-state index contributed by atoms with van der Waals surface area (Å²) in [6.45, 7) is 4.30. The summed E-state index contributed by atoms with van der Waals surface area (Å²) in [6.07, 6.45) is 2.21. The molecule has 0 saturated carbocycles. The molecule has 3 aromatic rings. The van der Waals surface area contributed by atoms with Gasteiger partial charge in [-0.05, 0) is 61.1 Å². The number of aryl methyl sites for hydroxylation is 2. The zero-order valence-corrected chi connectivity index (χ0v) is 11.9. The van der Waals surface area contributed by atoms with E-state index < -0.39 is 0 Å². The highest BCUT2D eigenvalue weighted by molar-refractivity contribution is 5.77. The lowest BCUT2D eigenvalue weighted by molar-refractivity contribution is 0.697. The van der Waals surface area contributed by atoms with Gasteiger partial charge in [-0.3, -0.25) is 0 Å². The topological polar surface area (TPSA) is 28.7 Å². The summed E-state index contributed by atoms with van der Waals surface area (Å²) in [4.78, 5) is 8.35. The van der Waals surface area contributed by atoms with Crippen molar-refractivity contribution in [2.45, 2.75) is 32.6 Å². The zero-order valence-electron chi connectivity index (χ0n) is 11.9. The smallest absolute Gasteiger partial charge is 0.111 e. The van der Waals surface area contributed by atoms with Crippen LogP contribution in [0.5, 0.6) is 0 Å². The molecular weight excluding hydrogens is 244 g/mol. The Bertz CT molecular complexity index is 734. The fourth-order valence-corrected chi connectivity index (χ4v) is 3.23. The molecule has 100 valence electrons. The molecule has 1 aliphatic rings. The van der Waals surface area contributed by atoms with Gasteiger partial charge in [0.2, 0.25) is 0 Å². The van der Waals surface area contributed by atoms with Crippen LogP contribution in [-0.2, 0) is 12.8 Å². The van der Waals surface area contributed by atoms with Gasteiger partial charge in [-0.2, -0.15) is 0 Å². The Labute approximate surface area is 118 Å². The van der Waals surface area contributed by atoms with E-state index in [0.717, 1.165) is 24.2 Å². The molecule has 1 aliphatic carbocycles. The molecule has 0 unspecified atom stereocenters. The number of hydrogen-bond donors (Lipinski definition) is 1. The van der Waals surface area contributed by atoms with Gasteiger partial charge in [-0.15, -0.1) is 0 Å². The van der Waals surface area contributed by atoms with Crippen molar-refractivity contribution in [3.63, 3.8) is 0 Å². The Morgan fingerprint density at radius 3 is 2.35 bits per heavy atom. The third-order valence-corrected chi connectivity index (χ3v) is 4.55. The first-order chi connectivity index (χ1) is 9.70. The lowest BCUT2D eigenvalue weighted by atomic mass is 10.1. The number of imidazole rings is 1. The zero-order chi connectivity index (χ0) is 13.7. The van der Waals surface area contributed by atoms with Gasteiger partial charge in [0, 0.05) is 5.92 Å². The van der Waals surface area contributed by atoms with Crippen molar-refractivity contribution in [2.24, 2.45) is 0 Å². The van der Waals surface area contributed by atoms with Crippen LogP contribution in [0.2, 0.25) is 0 Å². The second-order valence-corrected chi connectivity index (χ2v) is 5.95. The van der Waals surface area contributed by atoms with Crippen molar-refractivity contribution in [1.29, 1.82) is 0 Å². The number of fused-ring (bicyclic) bond motifs is 2. The summed E-state index contributed by atoms with van der Waals surface area (Å²) < 4.78 is 0. The van der Waals surface area contributed by atoms with Gasteiger partial charge in [0.25, 0.3) is 0 Å². The monoisotopic (exact) mass is 262 g/mol. The molecule has 0 radical (unpaired) electrons. The Balaban J connectivity index is 1.74. The van der Waals surface area contributed by atoms with Gasteiger partial charge >= 0.3 is 0 Å². The van der Waals surface area contributed by atoms with E-state index in [-0.39, 0.29) is 0 Å². The van der Waals surface area contributed by atoms with Crippen LogP contribution in [0.1, 0.15) is 34.0 Å². The molecule has 20 heavy (non-hydrogen) atoms. The molecule has 1 aromatic heterocycles. The molecule has 1 N–H and O–H groups in total. The number of H-pyrrole nitrogens is 1. The standard InChI is InChI=1S/C18H18N2/c1-11-7-16-17(8-12(11)2)20-18(19-16)15-9-13-5-3-4-6-14(13)10-15/h3-8,15H,9-10H2,1-2H3,(H,19,20). The van der Waals surface area contributed by atoms with E-state index in [1.54, 1.807) is 0 Å². The molecule has 4 rings (SSSR count). The van der Waals surface area contributed by atoms with E-state index in [9.17, 15) is 0 Å². The van der Waals surface area contributed by atoms with E-state index in [2.05, 4.69) is 55.2 Å². The number of benzene rings is 2. The van der Waals surface area contributed by atoms with Crippen molar-refractivity contribution in [3.8, 4) is 0 Å². The predicted molar refractivity (Wildman–Crippen MR) is 82.2 cm³/mol. The molecule has 0 atom stereocenters. The Morgan fingerprint density at radius 2 is 1.65 bits per heavy atom. The summed E-state index contributed by atoms with van der Waals surface area (Å²) in [7, 11) is 0. The number of nitrogens with one attached hydrogen (secondary N) is 1. The average molecular weight is 262 g/mol. The number of hydrogen-bond acceptors (Lipinski definition) is 1. The molecule has 2 heteroatoms. The summed E-state index contributed by atoms with van der Waals surface area (Å²) >= 11 is 0. The third-order valence-electron chi connectivity index (χ3n) is 4.55. The van der Waals surface area contributed by atoms with Crippen molar-refractivity contribution < 1.29 is 0 Å². The second kappa shape index (κ2) is 4.20. The Kier molecular flexibility index (Phi) is 2.46. The van der Waals surface area contributed by atoms with E-state index in [1.165, 1.54) is 27.8 Å². The normalized spacial score (nSPS) is 14.9. The predicted octanol–water partition coefficient (Wildman–Crippen LogP) is 4.06. The molecule has 0 amide bonds. The minimum absolute atomic E-state index is 0.500. The van der Waals surface area contributed by atoms with Crippen LogP contribution in [0.3, 0.4) is 0 Å². The fraction of sp³-hybridized carbons (Fsp3) is 0.278.